The molecule has 0 aliphatic carbocycles. The normalized spacial score (nSPS) is 10.1. The highest BCUT2D eigenvalue weighted by Crippen LogP contribution is 2.23. The lowest BCUT2D eigenvalue weighted by molar-refractivity contribution is -0.126. The van der Waals surface area contributed by atoms with Crippen LogP contribution in [0.5, 0.6) is 11.5 Å². The zero-order valence-electron chi connectivity index (χ0n) is 15.9. The van der Waals surface area contributed by atoms with Crippen molar-refractivity contribution < 1.29 is 29.0 Å². The number of aromatic hydroxyl groups is 1. The molecule has 0 aliphatic heterocycles. The molecule has 0 fully saturated rings. The molecular weight excluding hydrogens is 364 g/mol. The number of esters is 1. The second-order valence-electron chi connectivity index (χ2n) is 6.03. The van der Waals surface area contributed by atoms with Crippen LogP contribution < -0.4 is 15.4 Å². The molecule has 148 valence electrons. The van der Waals surface area contributed by atoms with Crippen LogP contribution in [0.25, 0.3) is 0 Å². The fourth-order valence-corrected chi connectivity index (χ4v) is 2.33. The molecular formula is C20H22N2O6. The molecule has 0 aromatic heterocycles. The molecule has 0 atom stereocenters. The highest BCUT2D eigenvalue weighted by Gasteiger charge is 2.16. The molecule has 0 saturated heterocycles. The number of ether oxygens (including phenoxy) is 2. The van der Waals surface area contributed by atoms with Crippen molar-refractivity contribution in [2.24, 2.45) is 0 Å². The number of rotatable bonds is 7. The Morgan fingerprint density at radius 2 is 1.82 bits per heavy atom. The minimum atomic E-state index is -0.883. The molecule has 0 heterocycles. The van der Waals surface area contributed by atoms with Gasteiger partial charge in [-0.1, -0.05) is 12.1 Å². The van der Waals surface area contributed by atoms with Gasteiger partial charge < -0.3 is 25.2 Å². The van der Waals surface area contributed by atoms with E-state index < -0.39 is 24.4 Å². The number of nitrogens with one attached hydrogen (secondary N) is 2. The minimum absolute atomic E-state index is 0.125. The summed E-state index contributed by atoms with van der Waals surface area (Å²) in [5, 5.41) is 14.8. The third-order valence-electron chi connectivity index (χ3n) is 4.08. The number of phenolic OH excluding ortho intramolecular Hbond substituents is 1. The van der Waals surface area contributed by atoms with Crippen LogP contribution in [-0.4, -0.2) is 43.2 Å². The molecule has 0 unspecified atom stereocenters. The lowest BCUT2D eigenvalue weighted by atomic mass is 10.1. The summed E-state index contributed by atoms with van der Waals surface area (Å²) < 4.78 is 9.83. The SMILES string of the molecule is COc1ccc(O)c(C(=O)OCC(=O)NCC(=O)Nc2cccc(C)c2C)c1. The van der Waals surface area contributed by atoms with Gasteiger partial charge in [-0.05, 0) is 49.2 Å². The molecule has 2 aromatic carbocycles. The van der Waals surface area contributed by atoms with E-state index in [0.29, 0.717) is 11.4 Å². The molecule has 0 radical (unpaired) electrons. The van der Waals surface area contributed by atoms with Crippen LogP contribution >= 0.6 is 0 Å². The highest BCUT2D eigenvalue weighted by molar-refractivity contribution is 5.96. The lowest BCUT2D eigenvalue weighted by Gasteiger charge is -2.11. The maximum Gasteiger partial charge on any atom is 0.342 e. The molecule has 0 aliphatic rings. The van der Waals surface area contributed by atoms with Crippen molar-refractivity contribution in [2.45, 2.75) is 13.8 Å². The number of hydrogen-bond acceptors (Lipinski definition) is 6. The Kier molecular flexibility index (Phi) is 6.97. The Morgan fingerprint density at radius 3 is 2.54 bits per heavy atom. The van der Waals surface area contributed by atoms with Gasteiger partial charge in [-0.15, -0.1) is 0 Å². The Hall–Kier alpha value is -3.55. The van der Waals surface area contributed by atoms with Gasteiger partial charge in [0.15, 0.2) is 6.61 Å². The van der Waals surface area contributed by atoms with Gasteiger partial charge in [0.1, 0.15) is 17.1 Å². The average Bonchev–Trinajstić information content (AvgIpc) is 2.68. The number of phenols is 1. The zero-order valence-corrected chi connectivity index (χ0v) is 15.9. The van der Waals surface area contributed by atoms with Crippen molar-refractivity contribution in [1.29, 1.82) is 0 Å². The summed E-state index contributed by atoms with van der Waals surface area (Å²) in [5.74, 6) is -1.87. The standard InChI is InChI=1S/C20H22N2O6/c1-12-5-4-6-16(13(12)2)22-18(24)10-21-19(25)11-28-20(26)15-9-14(27-3)7-8-17(15)23/h4-9,23H,10-11H2,1-3H3,(H,21,25)(H,22,24). The first-order valence-electron chi connectivity index (χ1n) is 8.48. The summed E-state index contributed by atoms with van der Waals surface area (Å²) in [6, 6.07) is 9.59. The fraction of sp³-hybridized carbons (Fsp3) is 0.250. The van der Waals surface area contributed by atoms with Crippen molar-refractivity contribution in [1.82, 2.24) is 5.32 Å². The topological polar surface area (TPSA) is 114 Å². The number of aryl methyl sites for hydroxylation is 1. The van der Waals surface area contributed by atoms with E-state index in [2.05, 4.69) is 10.6 Å². The number of carbonyl (C=O) groups is 3. The van der Waals surface area contributed by atoms with Crippen LogP contribution in [0, 0.1) is 13.8 Å². The molecule has 8 nitrogen and oxygen atoms in total. The van der Waals surface area contributed by atoms with E-state index in [0.717, 1.165) is 11.1 Å². The van der Waals surface area contributed by atoms with Crippen molar-refractivity contribution >= 4 is 23.5 Å². The maximum atomic E-state index is 12.0. The Morgan fingerprint density at radius 1 is 1.07 bits per heavy atom. The van der Waals surface area contributed by atoms with E-state index >= 15 is 0 Å². The smallest absolute Gasteiger partial charge is 0.342 e. The zero-order chi connectivity index (χ0) is 20.7. The number of carbonyl (C=O) groups excluding carboxylic acids is 3. The maximum absolute atomic E-state index is 12.0. The van der Waals surface area contributed by atoms with E-state index in [4.69, 9.17) is 9.47 Å². The van der Waals surface area contributed by atoms with Gasteiger partial charge in [0.05, 0.1) is 13.7 Å². The van der Waals surface area contributed by atoms with Gasteiger partial charge in [-0.3, -0.25) is 9.59 Å². The Labute approximate surface area is 162 Å². The molecule has 0 spiro atoms. The van der Waals surface area contributed by atoms with E-state index in [9.17, 15) is 19.5 Å². The summed E-state index contributed by atoms with van der Waals surface area (Å²) in [4.78, 5) is 35.8. The van der Waals surface area contributed by atoms with Crippen molar-refractivity contribution in [3.05, 3.63) is 53.1 Å². The van der Waals surface area contributed by atoms with E-state index in [1.54, 1.807) is 6.07 Å². The second kappa shape index (κ2) is 9.40. The number of amides is 2. The molecule has 2 rings (SSSR count). The second-order valence-corrected chi connectivity index (χ2v) is 6.03. The van der Waals surface area contributed by atoms with Crippen LogP contribution in [0.3, 0.4) is 0 Å². The van der Waals surface area contributed by atoms with Crippen LogP contribution in [0.2, 0.25) is 0 Å². The first kappa shape index (κ1) is 20.8. The van der Waals surface area contributed by atoms with Crippen LogP contribution in [0.1, 0.15) is 21.5 Å². The van der Waals surface area contributed by atoms with Crippen LogP contribution in [-0.2, 0) is 14.3 Å². The van der Waals surface area contributed by atoms with Gasteiger partial charge in [-0.2, -0.15) is 0 Å². The van der Waals surface area contributed by atoms with Gasteiger partial charge in [0.2, 0.25) is 5.91 Å². The molecule has 28 heavy (non-hydrogen) atoms. The van der Waals surface area contributed by atoms with Crippen molar-refractivity contribution in [3.8, 4) is 11.5 Å². The summed E-state index contributed by atoms with van der Waals surface area (Å²) in [7, 11) is 1.41. The largest absolute Gasteiger partial charge is 0.507 e. The molecule has 8 heteroatoms. The lowest BCUT2D eigenvalue weighted by Crippen LogP contribution is -2.35. The predicted molar refractivity (Wildman–Crippen MR) is 102 cm³/mol. The van der Waals surface area contributed by atoms with Crippen molar-refractivity contribution in [2.75, 3.05) is 25.6 Å². The number of methoxy groups -OCH3 is 1. The summed E-state index contributed by atoms with van der Waals surface area (Å²) in [5.41, 5.74) is 2.52. The fourth-order valence-electron chi connectivity index (χ4n) is 2.33. The van der Waals surface area contributed by atoms with Crippen LogP contribution in [0.4, 0.5) is 5.69 Å². The molecule has 2 aromatic rings. The van der Waals surface area contributed by atoms with E-state index in [1.807, 2.05) is 26.0 Å². The first-order valence-corrected chi connectivity index (χ1v) is 8.48. The molecule has 0 bridgehead atoms. The minimum Gasteiger partial charge on any atom is -0.507 e. The molecule has 2 amide bonds. The van der Waals surface area contributed by atoms with E-state index in [-0.39, 0.29) is 17.9 Å². The number of anilines is 1. The van der Waals surface area contributed by atoms with E-state index in [1.165, 1.54) is 25.3 Å². The van der Waals surface area contributed by atoms with Gasteiger partial charge >= 0.3 is 5.97 Å². The quantitative estimate of drug-likeness (QED) is 0.627. The summed E-state index contributed by atoms with van der Waals surface area (Å²) in [6.45, 7) is 2.96. The first-order chi connectivity index (χ1) is 13.3. The van der Waals surface area contributed by atoms with Crippen LogP contribution in [0.15, 0.2) is 36.4 Å². The Balaban J connectivity index is 1.82. The van der Waals surface area contributed by atoms with Crippen molar-refractivity contribution in [3.63, 3.8) is 0 Å². The molecule has 0 saturated carbocycles. The number of hydrogen-bond donors (Lipinski definition) is 3. The summed E-state index contributed by atoms with van der Waals surface area (Å²) >= 11 is 0. The summed E-state index contributed by atoms with van der Waals surface area (Å²) in [6.07, 6.45) is 0. The van der Waals surface area contributed by atoms with Gasteiger partial charge in [0.25, 0.3) is 5.91 Å². The number of benzene rings is 2. The molecule has 3 N–H and O–H groups in total. The third-order valence-corrected chi connectivity index (χ3v) is 4.08. The monoisotopic (exact) mass is 386 g/mol. The van der Waals surface area contributed by atoms with Gasteiger partial charge in [0, 0.05) is 5.69 Å². The predicted octanol–water partition coefficient (Wildman–Crippen LogP) is 1.93. The third kappa shape index (κ3) is 5.47. The average molecular weight is 386 g/mol. The Bertz CT molecular complexity index is 894. The highest BCUT2D eigenvalue weighted by atomic mass is 16.5. The van der Waals surface area contributed by atoms with Gasteiger partial charge in [-0.25, -0.2) is 4.79 Å².